The van der Waals surface area contributed by atoms with Gasteiger partial charge in [-0.2, -0.15) is 0 Å². The second kappa shape index (κ2) is 6.68. The van der Waals surface area contributed by atoms with Gasteiger partial charge >= 0.3 is 5.97 Å². The molecule has 0 aromatic heterocycles. The molecule has 0 aromatic rings. The third kappa shape index (κ3) is 3.80. The lowest BCUT2D eigenvalue weighted by molar-refractivity contribution is -0.147. The Kier molecular flexibility index (Phi) is 5.34. The van der Waals surface area contributed by atoms with Crippen LogP contribution in [0.5, 0.6) is 0 Å². The van der Waals surface area contributed by atoms with Crippen LogP contribution in [0.2, 0.25) is 0 Å². The van der Waals surface area contributed by atoms with Gasteiger partial charge < -0.3 is 10.0 Å². The van der Waals surface area contributed by atoms with Gasteiger partial charge in [0, 0.05) is 12.6 Å². The van der Waals surface area contributed by atoms with Gasteiger partial charge in [0.15, 0.2) is 0 Å². The summed E-state index contributed by atoms with van der Waals surface area (Å²) in [4.78, 5) is 14.0. The third-order valence-electron chi connectivity index (χ3n) is 6.49. The third-order valence-corrected chi connectivity index (χ3v) is 6.49. The highest BCUT2D eigenvalue weighted by atomic mass is 16.4. The lowest BCUT2D eigenvalue weighted by Gasteiger charge is -2.46. The average molecular weight is 295 g/mol. The van der Waals surface area contributed by atoms with E-state index in [1.54, 1.807) is 0 Å². The summed E-state index contributed by atoms with van der Waals surface area (Å²) in [5, 5.41) is 9.58. The van der Waals surface area contributed by atoms with E-state index in [0.717, 1.165) is 31.7 Å². The van der Waals surface area contributed by atoms with Crippen molar-refractivity contribution in [2.45, 2.75) is 71.8 Å². The summed E-state index contributed by atoms with van der Waals surface area (Å²) in [7, 11) is 2.15. The molecule has 2 aliphatic rings. The molecule has 0 amide bonds. The summed E-state index contributed by atoms with van der Waals surface area (Å²) in [5.41, 5.74) is 0.332. The molecule has 1 N–H and O–H groups in total. The van der Waals surface area contributed by atoms with Gasteiger partial charge in [0.05, 0.1) is 5.92 Å². The number of carboxylic acid groups (broad SMARTS) is 1. The zero-order valence-electron chi connectivity index (χ0n) is 14.3. The fourth-order valence-corrected chi connectivity index (χ4v) is 4.14. The number of nitrogens with zero attached hydrogens (tertiary/aromatic N) is 1. The molecule has 2 rings (SSSR count). The van der Waals surface area contributed by atoms with E-state index in [0.29, 0.717) is 11.3 Å². The molecule has 21 heavy (non-hydrogen) atoms. The van der Waals surface area contributed by atoms with Crippen molar-refractivity contribution in [2.75, 3.05) is 13.6 Å². The van der Waals surface area contributed by atoms with Crippen LogP contribution in [0.25, 0.3) is 0 Å². The maximum atomic E-state index is 11.6. The Balaban J connectivity index is 2.05. The van der Waals surface area contributed by atoms with Crippen molar-refractivity contribution in [3.8, 4) is 0 Å². The molecule has 0 bridgehead atoms. The van der Waals surface area contributed by atoms with Crippen molar-refractivity contribution in [1.29, 1.82) is 0 Å². The van der Waals surface area contributed by atoms with Crippen LogP contribution in [0.4, 0.5) is 0 Å². The Morgan fingerprint density at radius 1 is 1.24 bits per heavy atom. The summed E-state index contributed by atoms with van der Waals surface area (Å²) in [6.45, 7) is 8.05. The summed E-state index contributed by atoms with van der Waals surface area (Å²) in [5.74, 6) is 0.711. The van der Waals surface area contributed by atoms with Crippen LogP contribution in [-0.4, -0.2) is 35.6 Å². The molecule has 0 aliphatic heterocycles. The summed E-state index contributed by atoms with van der Waals surface area (Å²) in [6.07, 6.45) is 8.18. The number of rotatable bonds is 6. The normalized spacial score (nSPS) is 31.2. The van der Waals surface area contributed by atoms with Gasteiger partial charge in [-0.3, -0.25) is 4.79 Å². The van der Waals surface area contributed by atoms with Gasteiger partial charge in [-0.15, -0.1) is 0 Å². The number of carboxylic acids is 1. The molecule has 3 unspecified atom stereocenters. The highest BCUT2D eigenvalue weighted by Crippen LogP contribution is 2.44. The largest absolute Gasteiger partial charge is 0.481 e. The van der Waals surface area contributed by atoms with Crippen LogP contribution in [0, 0.1) is 23.2 Å². The van der Waals surface area contributed by atoms with Crippen LogP contribution in [0.3, 0.4) is 0 Å². The molecule has 2 fully saturated rings. The fourth-order valence-electron chi connectivity index (χ4n) is 4.14. The Bertz CT molecular complexity index is 362. The first kappa shape index (κ1) is 16.8. The van der Waals surface area contributed by atoms with Crippen molar-refractivity contribution in [1.82, 2.24) is 4.90 Å². The van der Waals surface area contributed by atoms with E-state index in [4.69, 9.17) is 0 Å². The van der Waals surface area contributed by atoms with Crippen LogP contribution in [0.15, 0.2) is 0 Å². The Morgan fingerprint density at radius 3 is 2.38 bits per heavy atom. The van der Waals surface area contributed by atoms with Crippen LogP contribution in [0.1, 0.15) is 65.7 Å². The van der Waals surface area contributed by atoms with Crippen molar-refractivity contribution >= 4 is 5.97 Å². The van der Waals surface area contributed by atoms with Gasteiger partial charge in [-0.25, -0.2) is 0 Å². The molecule has 0 heterocycles. The van der Waals surface area contributed by atoms with Gasteiger partial charge in [0.2, 0.25) is 0 Å². The average Bonchev–Trinajstić information content (AvgIpc) is 2.41. The first-order valence-electron chi connectivity index (χ1n) is 8.78. The van der Waals surface area contributed by atoms with Crippen molar-refractivity contribution in [3.05, 3.63) is 0 Å². The van der Waals surface area contributed by atoms with E-state index in [1.807, 2.05) is 0 Å². The number of hydrogen-bond donors (Lipinski definition) is 1. The molecular weight excluding hydrogens is 262 g/mol. The fraction of sp³-hybridized carbons (Fsp3) is 0.944. The van der Waals surface area contributed by atoms with Gasteiger partial charge in [0.1, 0.15) is 0 Å². The van der Waals surface area contributed by atoms with Crippen LogP contribution < -0.4 is 0 Å². The molecule has 0 radical (unpaired) electrons. The van der Waals surface area contributed by atoms with Crippen LogP contribution in [-0.2, 0) is 4.79 Å². The summed E-state index contributed by atoms with van der Waals surface area (Å²) < 4.78 is 0. The summed E-state index contributed by atoms with van der Waals surface area (Å²) in [6, 6.07) is 0.229. The zero-order valence-corrected chi connectivity index (χ0v) is 14.3. The van der Waals surface area contributed by atoms with Crippen molar-refractivity contribution in [2.24, 2.45) is 23.2 Å². The summed E-state index contributed by atoms with van der Waals surface area (Å²) >= 11 is 0. The molecule has 2 aliphatic carbocycles. The minimum absolute atomic E-state index is 0.168. The maximum Gasteiger partial charge on any atom is 0.308 e. The van der Waals surface area contributed by atoms with Gasteiger partial charge in [-0.05, 0) is 56.4 Å². The standard InChI is InChI=1S/C18H33NO2/c1-5-18(2,3)14-9-10-15(17(20)21)16(11-14)19(4)12-13-7-6-8-13/h13-16H,5-12H2,1-4H3,(H,20,21). The van der Waals surface area contributed by atoms with Crippen molar-refractivity contribution < 1.29 is 9.90 Å². The van der Waals surface area contributed by atoms with E-state index >= 15 is 0 Å². The van der Waals surface area contributed by atoms with E-state index in [1.165, 1.54) is 25.7 Å². The molecule has 2 saturated carbocycles. The first-order chi connectivity index (χ1) is 9.85. The quantitative estimate of drug-likeness (QED) is 0.804. The first-order valence-corrected chi connectivity index (χ1v) is 8.78. The van der Waals surface area contributed by atoms with Crippen molar-refractivity contribution in [3.63, 3.8) is 0 Å². The highest BCUT2D eigenvalue weighted by molar-refractivity contribution is 5.71. The number of aliphatic carboxylic acids is 1. The second-order valence-electron chi connectivity index (χ2n) is 8.10. The van der Waals surface area contributed by atoms with Gasteiger partial charge in [-0.1, -0.05) is 33.6 Å². The zero-order chi connectivity index (χ0) is 15.6. The number of hydrogen-bond acceptors (Lipinski definition) is 2. The van der Waals surface area contributed by atoms with E-state index in [2.05, 4.69) is 32.7 Å². The SMILES string of the molecule is CCC(C)(C)C1CCC(C(=O)O)C(N(C)CC2CCC2)C1. The second-order valence-corrected chi connectivity index (χ2v) is 8.10. The molecular formula is C18H33NO2. The monoisotopic (exact) mass is 295 g/mol. The molecule has 0 spiro atoms. The minimum Gasteiger partial charge on any atom is -0.481 e. The molecule has 0 saturated heterocycles. The minimum atomic E-state index is -0.590. The molecule has 122 valence electrons. The van der Waals surface area contributed by atoms with E-state index in [-0.39, 0.29) is 12.0 Å². The predicted octanol–water partition coefficient (Wildman–Crippen LogP) is 4.02. The van der Waals surface area contributed by atoms with E-state index < -0.39 is 5.97 Å². The topological polar surface area (TPSA) is 40.5 Å². The Morgan fingerprint density at radius 2 is 1.90 bits per heavy atom. The lowest BCUT2D eigenvalue weighted by atomic mass is 9.65. The number of carbonyl (C=O) groups is 1. The predicted molar refractivity (Wildman–Crippen MR) is 86.3 cm³/mol. The lowest BCUT2D eigenvalue weighted by Crippen LogP contribution is -2.49. The van der Waals surface area contributed by atoms with E-state index in [9.17, 15) is 9.90 Å². The maximum absolute atomic E-state index is 11.6. The molecule has 0 aromatic carbocycles. The Hall–Kier alpha value is -0.570. The molecule has 3 nitrogen and oxygen atoms in total. The highest BCUT2D eigenvalue weighted by Gasteiger charge is 2.42. The molecule has 3 heteroatoms. The van der Waals surface area contributed by atoms with Crippen LogP contribution >= 0.6 is 0 Å². The van der Waals surface area contributed by atoms with Gasteiger partial charge in [0.25, 0.3) is 0 Å². The molecule has 3 atom stereocenters. The smallest absolute Gasteiger partial charge is 0.308 e. The Labute approximate surface area is 130 Å².